The molecule has 0 unspecified atom stereocenters. The maximum Gasteiger partial charge on any atom is 0.0726 e. The third-order valence-corrected chi connectivity index (χ3v) is 13.6. The van der Waals surface area contributed by atoms with Gasteiger partial charge in [0.15, 0.2) is 0 Å². The van der Waals surface area contributed by atoms with Gasteiger partial charge in [-0.25, -0.2) is 0 Å². The van der Waals surface area contributed by atoms with E-state index in [1.165, 1.54) is 77.9 Å². The molecule has 1 heterocycles. The first-order valence-corrected chi connectivity index (χ1v) is 21.9. The Balaban J connectivity index is 1.11. The van der Waals surface area contributed by atoms with Crippen molar-refractivity contribution in [2.45, 2.75) is 5.41 Å². The zero-order valence-electron chi connectivity index (χ0n) is 34.5. The van der Waals surface area contributed by atoms with Crippen molar-refractivity contribution in [3.05, 3.63) is 265 Å². The Morgan fingerprint density at radius 2 is 0.730 bits per heavy atom. The van der Waals surface area contributed by atoms with Gasteiger partial charge in [0.05, 0.1) is 22.5 Å². The highest BCUT2D eigenvalue weighted by Gasteiger charge is 2.50. The van der Waals surface area contributed by atoms with Gasteiger partial charge in [0, 0.05) is 33.8 Å². The number of rotatable bonds is 4. The van der Waals surface area contributed by atoms with E-state index in [4.69, 9.17) is 0 Å². The van der Waals surface area contributed by atoms with Gasteiger partial charge in [-0.05, 0) is 116 Å². The van der Waals surface area contributed by atoms with Gasteiger partial charge in [-0.2, -0.15) is 0 Å². The molecular weight excluding hydrogens is 761 g/mol. The minimum atomic E-state index is -0.578. The van der Waals surface area contributed by atoms with Crippen LogP contribution in [0.25, 0.3) is 55.6 Å². The molecular formula is C61H40N2. The summed E-state index contributed by atoms with van der Waals surface area (Å²) in [7, 11) is 0. The summed E-state index contributed by atoms with van der Waals surface area (Å²) in [5, 5.41) is 0. The highest BCUT2D eigenvalue weighted by atomic mass is 15.2. The van der Waals surface area contributed by atoms with Crippen molar-refractivity contribution in [2.24, 2.45) is 0 Å². The van der Waals surface area contributed by atoms with Crippen LogP contribution >= 0.6 is 0 Å². The van der Waals surface area contributed by atoms with Gasteiger partial charge in [0.1, 0.15) is 0 Å². The van der Waals surface area contributed by atoms with Gasteiger partial charge < -0.3 is 9.80 Å². The van der Waals surface area contributed by atoms with Gasteiger partial charge in [0.25, 0.3) is 0 Å². The summed E-state index contributed by atoms with van der Waals surface area (Å²) in [4.78, 5) is 4.92. The van der Waals surface area contributed by atoms with E-state index in [-0.39, 0.29) is 0 Å². The van der Waals surface area contributed by atoms with Crippen molar-refractivity contribution in [3.63, 3.8) is 0 Å². The second-order valence-corrected chi connectivity index (χ2v) is 16.7. The summed E-state index contributed by atoms with van der Waals surface area (Å²) in [6.45, 7) is 0. The van der Waals surface area contributed by atoms with Crippen molar-refractivity contribution < 1.29 is 0 Å². The average molecular weight is 801 g/mol. The fourth-order valence-corrected chi connectivity index (χ4v) is 11.2. The summed E-state index contributed by atoms with van der Waals surface area (Å²) in [6.07, 6.45) is 0. The molecule has 0 N–H and O–H groups in total. The maximum absolute atomic E-state index is 2.49. The smallest absolute Gasteiger partial charge is 0.0726 e. The molecule has 2 aliphatic carbocycles. The third-order valence-electron chi connectivity index (χ3n) is 13.6. The number of anilines is 6. The molecule has 10 aromatic rings. The van der Waals surface area contributed by atoms with Crippen LogP contribution in [0.2, 0.25) is 0 Å². The molecule has 294 valence electrons. The molecule has 0 fully saturated rings. The van der Waals surface area contributed by atoms with Crippen LogP contribution < -0.4 is 9.80 Å². The molecule has 0 bridgehead atoms. The summed E-state index contributed by atoms with van der Waals surface area (Å²) >= 11 is 0. The van der Waals surface area contributed by atoms with E-state index >= 15 is 0 Å². The SMILES string of the molecule is c1ccc(N(c2ccc3c(c2)-c2ccccc2-c2ccccc2N3c2ccccc2)c2cccc3c2-c2ccccc2C32c3ccccc3-c3ccccc3-c3ccccc32)cc1. The van der Waals surface area contributed by atoms with Gasteiger partial charge in [-0.3, -0.25) is 0 Å². The van der Waals surface area contributed by atoms with Gasteiger partial charge >= 0.3 is 0 Å². The van der Waals surface area contributed by atoms with Gasteiger partial charge in [-0.15, -0.1) is 0 Å². The Labute approximate surface area is 368 Å². The molecule has 63 heavy (non-hydrogen) atoms. The normalized spacial score (nSPS) is 13.2. The maximum atomic E-state index is 2.49. The lowest BCUT2D eigenvalue weighted by atomic mass is 9.66. The van der Waals surface area contributed by atoms with Crippen LogP contribution in [0.5, 0.6) is 0 Å². The Kier molecular flexibility index (Phi) is 7.85. The van der Waals surface area contributed by atoms with E-state index in [2.05, 4.69) is 252 Å². The van der Waals surface area contributed by atoms with Crippen LogP contribution in [-0.2, 0) is 5.41 Å². The zero-order valence-corrected chi connectivity index (χ0v) is 34.5. The van der Waals surface area contributed by atoms with Crippen LogP contribution in [0.15, 0.2) is 243 Å². The molecule has 3 aliphatic rings. The summed E-state index contributed by atoms with van der Waals surface area (Å²) in [5.41, 5.74) is 23.8. The van der Waals surface area contributed by atoms with Crippen LogP contribution in [0.3, 0.4) is 0 Å². The Hall–Kier alpha value is -8.20. The van der Waals surface area contributed by atoms with Crippen LogP contribution in [0.4, 0.5) is 34.1 Å². The first-order valence-electron chi connectivity index (χ1n) is 21.9. The summed E-state index contributed by atoms with van der Waals surface area (Å²) in [6, 6.07) is 89.9. The lowest BCUT2D eigenvalue weighted by Crippen LogP contribution is -2.29. The van der Waals surface area contributed by atoms with E-state index in [1.807, 2.05) is 0 Å². The van der Waals surface area contributed by atoms with Crippen molar-refractivity contribution in [2.75, 3.05) is 9.80 Å². The first-order chi connectivity index (χ1) is 31.3. The van der Waals surface area contributed by atoms with E-state index in [0.717, 1.165) is 34.1 Å². The number of nitrogens with zero attached hydrogens (tertiary/aromatic N) is 2. The van der Waals surface area contributed by atoms with Crippen molar-refractivity contribution >= 4 is 34.1 Å². The number of para-hydroxylation sites is 3. The van der Waals surface area contributed by atoms with Crippen LogP contribution in [-0.4, -0.2) is 0 Å². The largest absolute Gasteiger partial charge is 0.310 e. The minimum Gasteiger partial charge on any atom is -0.310 e. The van der Waals surface area contributed by atoms with Gasteiger partial charge in [-0.1, -0.05) is 188 Å². The third kappa shape index (κ3) is 5.07. The number of hydrogen-bond donors (Lipinski definition) is 0. The average Bonchev–Trinajstić information content (AvgIpc) is 3.53. The quantitative estimate of drug-likeness (QED) is 0.175. The molecule has 1 spiro atoms. The van der Waals surface area contributed by atoms with Crippen LogP contribution in [0.1, 0.15) is 22.3 Å². The Morgan fingerprint density at radius 1 is 0.286 bits per heavy atom. The van der Waals surface area contributed by atoms with Gasteiger partial charge in [0.2, 0.25) is 0 Å². The molecule has 1 aliphatic heterocycles. The number of fused-ring (bicyclic) bond motifs is 17. The molecule has 2 nitrogen and oxygen atoms in total. The molecule has 0 saturated heterocycles. The second-order valence-electron chi connectivity index (χ2n) is 16.7. The van der Waals surface area contributed by atoms with E-state index in [0.29, 0.717) is 0 Å². The predicted molar refractivity (Wildman–Crippen MR) is 262 cm³/mol. The Morgan fingerprint density at radius 3 is 1.37 bits per heavy atom. The summed E-state index contributed by atoms with van der Waals surface area (Å²) in [5.74, 6) is 0. The molecule has 0 saturated carbocycles. The second kappa shape index (κ2) is 13.9. The standard InChI is InChI=1S/C61H40N2/c1-3-20-41(21-4-1)62(43-38-39-58-52(40-43)47-27-10-9-26-46(47)50-30-14-18-36-57(50)63(58)42-22-5-2-6-23-42)59-37-19-35-56-60(59)51-31-13-17-34-55(51)61(56)53-32-15-11-28-48(53)44-24-7-8-25-45(44)49-29-12-16-33-54(49)61/h1-40H. The molecule has 0 aromatic heterocycles. The molecule has 0 amide bonds. The summed E-state index contributed by atoms with van der Waals surface area (Å²) < 4.78 is 0. The lowest BCUT2D eigenvalue weighted by molar-refractivity contribution is 0.775. The fraction of sp³-hybridized carbons (Fsp3) is 0.0164. The Bertz CT molecular complexity index is 3350. The first kappa shape index (κ1) is 35.5. The topological polar surface area (TPSA) is 6.48 Å². The van der Waals surface area contributed by atoms with Crippen molar-refractivity contribution in [1.82, 2.24) is 0 Å². The highest BCUT2D eigenvalue weighted by molar-refractivity contribution is 6.05. The van der Waals surface area contributed by atoms with Crippen molar-refractivity contribution in [1.29, 1.82) is 0 Å². The molecule has 10 aromatic carbocycles. The van der Waals surface area contributed by atoms with E-state index in [9.17, 15) is 0 Å². The molecule has 0 radical (unpaired) electrons. The predicted octanol–water partition coefficient (Wildman–Crippen LogP) is 16.3. The van der Waals surface area contributed by atoms with E-state index < -0.39 is 5.41 Å². The minimum absolute atomic E-state index is 0.578. The van der Waals surface area contributed by atoms with Crippen LogP contribution in [0, 0.1) is 0 Å². The molecule has 13 rings (SSSR count). The highest BCUT2D eigenvalue weighted by Crippen LogP contribution is 2.64. The monoisotopic (exact) mass is 800 g/mol. The molecule has 2 heteroatoms. The fourth-order valence-electron chi connectivity index (χ4n) is 11.2. The number of hydrogen-bond acceptors (Lipinski definition) is 2. The van der Waals surface area contributed by atoms with E-state index in [1.54, 1.807) is 0 Å². The zero-order chi connectivity index (χ0) is 41.5. The number of benzene rings is 10. The molecule has 0 atom stereocenters. The lowest BCUT2D eigenvalue weighted by Gasteiger charge is -2.36. The van der Waals surface area contributed by atoms with Crippen molar-refractivity contribution in [3.8, 4) is 55.6 Å².